The van der Waals surface area contributed by atoms with Gasteiger partial charge in [0, 0.05) is 23.6 Å². The van der Waals surface area contributed by atoms with Crippen molar-refractivity contribution in [3.8, 4) is 0 Å². The van der Waals surface area contributed by atoms with Crippen molar-refractivity contribution >= 4 is 11.6 Å². The molecule has 0 amide bonds. The Hall–Kier alpha value is -1.66. The first kappa shape index (κ1) is 15.2. The van der Waals surface area contributed by atoms with Crippen molar-refractivity contribution in [2.75, 3.05) is 6.61 Å². The highest BCUT2D eigenvalue weighted by atomic mass is 35.5. The number of benzene rings is 1. The van der Waals surface area contributed by atoms with Crippen molar-refractivity contribution in [1.82, 2.24) is 9.72 Å². The molecule has 118 valence electrons. The molecule has 1 saturated heterocycles. The highest BCUT2D eigenvalue weighted by Crippen LogP contribution is 2.22. The second-order valence-corrected chi connectivity index (χ2v) is 5.75. The molecule has 5 nitrogen and oxygen atoms in total. The second-order valence-electron chi connectivity index (χ2n) is 5.34. The summed E-state index contributed by atoms with van der Waals surface area (Å²) in [6.07, 6.45) is 3.05. The standard InChI is InChI=1S/C15H16ClFN2O3/c16-12-5-3-6-13(17)11(12)8-14-18-22-15(20)19(14)9-10-4-1-2-7-21-10/h3,5-6,10H,1-2,4,7-9H2. The molecule has 3 rings (SSSR count). The number of halogens is 2. The zero-order chi connectivity index (χ0) is 15.5. The van der Waals surface area contributed by atoms with Crippen LogP contribution in [0.2, 0.25) is 5.02 Å². The van der Waals surface area contributed by atoms with Gasteiger partial charge in [-0.25, -0.2) is 9.18 Å². The van der Waals surface area contributed by atoms with Crippen molar-refractivity contribution in [3.63, 3.8) is 0 Å². The van der Waals surface area contributed by atoms with Gasteiger partial charge in [0.05, 0.1) is 12.6 Å². The minimum absolute atomic E-state index is 0.0410. The Morgan fingerprint density at radius 3 is 3.00 bits per heavy atom. The van der Waals surface area contributed by atoms with E-state index in [1.807, 2.05) is 0 Å². The first-order valence-corrected chi connectivity index (χ1v) is 7.63. The zero-order valence-electron chi connectivity index (χ0n) is 11.9. The monoisotopic (exact) mass is 326 g/mol. The van der Waals surface area contributed by atoms with Crippen molar-refractivity contribution in [1.29, 1.82) is 0 Å². The first-order chi connectivity index (χ1) is 10.6. The summed E-state index contributed by atoms with van der Waals surface area (Å²) >= 11 is 6.02. The van der Waals surface area contributed by atoms with Crippen LogP contribution in [-0.2, 0) is 17.7 Å². The Bertz CT molecular complexity index is 687. The number of nitrogens with zero attached hydrogens (tertiary/aromatic N) is 2. The van der Waals surface area contributed by atoms with Crippen LogP contribution >= 0.6 is 11.6 Å². The Morgan fingerprint density at radius 2 is 2.27 bits per heavy atom. The van der Waals surface area contributed by atoms with Gasteiger partial charge in [-0.15, -0.1) is 0 Å². The lowest BCUT2D eigenvalue weighted by atomic mass is 10.1. The maximum atomic E-state index is 13.9. The fourth-order valence-electron chi connectivity index (χ4n) is 2.62. The first-order valence-electron chi connectivity index (χ1n) is 7.25. The molecule has 0 aliphatic carbocycles. The van der Waals surface area contributed by atoms with Gasteiger partial charge >= 0.3 is 5.76 Å². The quantitative estimate of drug-likeness (QED) is 0.867. The van der Waals surface area contributed by atoms with Gasteiger partial charge in [0.2, 0.25) is 0 Å². The molecule has 2 heterocycles. The summed E-state index contributed by atoms with van der Waals surface area (Å²) in [5.41, 5.74) is 0.302. The molecule has 22 heavy (non-hydrogen) atoms. The molecule has 0 N–H and O–H groups in total. The van der Waals surface area contributed by atoms with Gasteiger partial charge in [-0.2, -0.15) is 0 Å². The maximum absolute atomic E-state index is 13.9. The fraction of sp³-hybridized carbons (Fsp3) is 0.467. The Morgan fingerprint density at radius 1 is 1.41 bits per heavy atom. The van der Waals surface area contributed by atoms with Crippen molar-refractivity contribution in [2.45, 2.75) is 38.3 Å². The van der Waals surface area contributed by atoms with Gasteiger partial charge in [-0.1, -0.05) is 22.8 Å². The lowest BCUT2D eigenvalue weighted by Crippen LogP contribution is -2.30. The Kier molecular flexibility index (Phi) is 4.59. The summed E-state index contributed by atoms with van der Waals surface area (Å²) in [6, 6.07) is 4.47. The van der Waals surface area contributed by atoms with Crippen LogP contribution in [0.15, 0.2) is 27.5 Å². The molecule has 1 aliphatic heterocycles. The average Bonchev–Trinajstić information content (AvgIpc) is 2.85. The normalized spacial score (nSPS) is 18.5. The molecular formula is C15H16ClFN2O3. The number of hydrogen-bond donors (Lipinski definition) is 0. The summed E-state index contributed by atoms with van der Waals surface area (Å²) in [5.74, 6) is -0.633. The third-order valence-corrected chi connectivity index (χ3v) is 4.17. The van der Waals surface area contributed by atoms with Crippen LogP contribution in [0.4, 0.5) is 4.39 Å². The van der Waals surface area contributed by atoms with E-state index in [2.05, 4.69) is 5.16 Å². The maximum Gasteiger partial charge on any atom is 0.441 e. The van der Waals surface area contributed by atoms with Gasteiger partial charge in [0.15, 0.2) is 5.82 Å². The summed E-state index contributed by atoms with van der Waals surface area (Å²) in [7, 11) is 0. The largest absolute Gasteiger partial charge is 0.441 e. The molecule has 1 aromatic carbocycles. The molecule has 0 bridgehead atoms. The minimum Gasteiger partial charge on any atom is -0.376 e. The zero-order valence-corrected chi connectivity index (χ0v) is 12.7. The molecule has 1 unspecified atom stereocenters. The van der Waals surface area contributed by atoms with Crippen molar-refractivity contribution < 1.29 is 13.7 Å². The fourth-order valence-corrected chi connectivity index (χ4v) is 2.85. The highest BCUT2D eigenvalue weighted by molar-refractivity contribution is 6.31. The van der Waals surface area contributed by atoms with Gasteiger partial charge in [0.1, 0.15) is 5.82 Å². The van der Waals surface area contributed by atoms with Gasteiger partial charge < -0.3 is 4.74 Å². The number of hydrogen-bond acceptors (Lipinski definition) is 4. The number of aromatic nitrogens is 2. The Labute approximate surface area is 131 Å². The van der Waals surface area contributed by atoms with Crippen LogP contribution in [-0.4, -0.2) is 22.4 Å². The molecule has 1 aromatic heterocycles. The molecule has 1 atom stereocenters. The lowest BCUT2D eigenvalue weighted by molar-refractivity contribution is 0.00460. The topological polar surface area (TPSA) is 57.3 Å². The summed E-state index contributed by atoms with van der Waals surface area (Å²) in [5, 5.41) is 4.06. The van der Waals surface area contributed by atoms with E-state index in [0.29, 0.717) is 29.6 Å². The molecule has 2 aromatic rings. The van der Waals surface area contributed by atoms with Crippen LogP contribution in [0.5, 0.6) is 0 Å². The van der Waals surface area contributed by atoms with Crippen LogP contribution in [0.1, 0.15) is 30.7 Å². The Balaban J connectivity index is 1.84. The van der Waals surface area contributed by atoms with Crippen molar-refractivity contribution in [2.24, 2.45) is 0 Å². The molecule has 0 radical (unpaired) electrons. The third-order valence-electron chi connectivity index (χ3n) is 3.82. The average molecular weight is 327 g/mol. The smallest absolute Gasteiger partial charge is 0.376 e. The van der Waals surface area contributed by atoms with E-state index in [1.54, 1.807) is 6.07 Å². The number of ether oxygens (including phenoxy) is 1. The van der Waals surface area contributed by atoms with E-state index in [9.17, 15) is 9.18 Å². The number of rotatable bonds is 4. The van der Waals surface area contributed by atoms with Crippen LogP contribution in [0.3, 0.4) is 0 Å². The predicted molar refractivity (Wildman–Crippen MR) is 78.6 cm³/mol. The second kappa shape index (κ2) is 6.62. The minimum atomic E-state index is -0.559. The van der Waals surface area contributed by atoms with E-state index in [4.69, 9.17) is 20.9 Å². The molecular weight excluding hydrogens is 311 g/mol. The van der Waals surface area contributed by atoms with E-state index < -0.39 is 11.6 Å². The summed E-state index contributed by atoms with van der Waals surface area (Å²) in [6.45, 7) is 1.06. The van der Waals surface area contributed by atoms with Crippen LogP contribution < -0.4 is 5.76 Å². The molecule has 1 fully saturated rings. The van der Waals surface area contributed by atoms with E-state index in [0.717, 1.165) is 19.3 Å². The predicted octanol–water partition coefficient (Wildman–Crippen LogP) is 2.79. The van der Waals surface area contributed by atoms with Crippen molar-refractivity contribution in [3.05, 3.63) is 51.0 Å². The molecule has 0 spiro atoms. The van der Waals surface area contributed by atoms with Crippen LogP contribution in [0.25, 0.3) is 0 Å². The highest BCUT2D eigenvalue weighted by Gasteiger charge is 2.20. The molecule has 1 aliphatic rings. The van der Waals surface area contributed by atoms with E-state index in [-0.39, 0.29) is 12.5 Å². The summed E-state index contributed by atoms with van der Waals surface area (Å²) in [4.78, 5) is 11.8. The van der Waals surface area contributed by atoms with Gasteiger partial charge in [-0.05, 0) is 31.4 Å². The SMILES string of the molecule is O=c1onc(Cc2c(F)cccc2Cl)n1CC1CCCCO1. The van der Waals surface area contributed by atoms with E-state index >= 15 is 0 Å². The lowest BCUT2D eigenvalue weighted by Gasteiger charge is -2.22. The third kappa shape index (κ3) is 3.23. The summed E-state index contributed by atoms with van der Waals surface area (Å²) < 4.78 is 25.6. The molecule has 7 heteroatoms. The van der Waals surface area contributed by atoms with Crippen LogP contribution in [0, 0.1) is 5.82 Å². The van der Waals surface area contributed by atoms with Gasteiger partial charge in [0.25, 0.3) is 0 Å². The molecule has 0 saturated carbocycles. The van der Waals surface area contributed by atoms with Gasteiger partial charge in [-0.3, -0.25) is 9.09 Å². The van der Waals surface area contributed by atoms with E-state index in [1.165, 1.54) is 16.7 Å².